The van der Waals surface area contributed by atoms with Gasteiger partial charge in [0.15, 0.2) is 0 Å². The summed E-state index contributed by atoms with van der Waals surface area (Å²) in [6.07, 6.45) is 1.88. The fourth-order valence-corrected chi connectivity index (χ4v) is 1.50. The van der Waals surface area contributed by atoms with Crippen LogP contribution in [0, 0.1) is 0 Å². The number of nitrogens with two attached hydrogens (primary N) is 1. The second kappa shape index (κ2) is 7.25. The van der Waals surface area contributed by atoms with Crippen molar-refractivity contribution in [1.82, 2.24) is 0 Å². The zero-order valence-corrected chi connectivity index (χ0v) is 10.1. The van der Waals surface area contributed by atoms with E-state index < -0.39 is 0 Å². The molecule has 1 aromatic carbocycles. The number of ether oxygens (including phenoxy) is 2. The Kier molecular flexibility index (Phi) is 5.90. The fraction of sp³-hybridized carbons (Fsp3) is 0.538. The molecule has 0 aliphatic heterocycles. The van der Waals surface area contributed by atoms with Gasteiger partial charge in [-0.2, -0.15) is 0 Å². The first-order chi connectivity index (χ1) is 7.76. The van der Waals surface area contributed by atoms with Crippen molar-refractivity contribution in [3.05, 3.63) is 29.8 Å². The van der Waals surface area contributed by atoms with Crippen molar-refractivity contribution in [1.29, 1.82) is 0 Å². The number of benzene rings is 1. The van der Waals surface area contributed by atoms with Crippen LogP contribution in [-0.2, 0) is 11.2 Å². The van der Waals surface area contributed by atoms with Crippen LogP contribution in [0.15, 0.2) is 24.3 Å². The van der Waals surface area contributed by atoms with Gasteiger partial charge in [0.2, 0.25) is 0 Å². The molecule has 0 aliphatic carbocycles. The van der Waals surface area contributed by atoms with Crippen molar-refractivity contribution < 1.29 is 9.47 Å². The van der Waals surface area contributed by atoms with Gasteiger partial charge >= 0.3 is 0 Å². The van der Waals surface area contributed by atoms with Gasteiger partial charge in [-0.25, -0.2) is 0 Å². The van der Waals surface area contributed by atoms with Crippen LogP contribution in [0.1, 0.15) is 18.9 Å². The second-order valence-electron chi connectivity index (χ2n) is 3.89. The van der Waals surface area contributed by atoms with E-state index in [1.807, 2.05) is 24.3 Å². The van der Waals surface area contributed by atoms with E-state index >= 15 is 0 Å². The Labute approximate surface area is 97.6 Å². The molecule has 90 valence electrons. The Hall–Kier alpha value is -1.06. The molecule has 0 aliphatic rings. The maximum absolute atomic E-state index is 5.96. The van der Waals surface area contributed by atoms with Gasteiger partial charge in [-0.1, -0.05) is 19.1 Å². The molecule has 1 rings (SSSR count). The molecule has 0 fully saturated rings. The summed E-state index contributed by atoms with van der Waals surface area (Å²) in [6, 6.07) is 8.06. The Morgan fingerprint density at radius 1 is 1.25 bits per heavy atom. The summed E-state index contributed by atoms with van der Waals surface area (Å²) in [6.45, 7) is 3.51. The molecular weight excluding hydrogens is 202 g/mol. The van der Waals surface area contributed by atoms with Gasteiger partial charge in [0.25, 0.3) is 0 Å². The van der Waals surface area contributed by atoms with Crippen LogP contribution in [0.5, 0.6) is 5.75 Å². The van der Waals surface area contributed by atoms with Gasteiger partial charge in [-0.3, -0.25) is 0 Å². The molecule has 0 amide bonds. The third kappa shape index (κ3) is 4.64. The van der Waals surface area contributed by atoms with Crippen LogP contribution >= 0.6 is 0 Å². The fourth-order valence-electron chi connectivity index (χ4n) is 1.50. The van der Waals surface area contributed by atoms with Crippen LogP contribution in [0.4, 0.5) is 0 Å². The predicted molar refractivity (Wildman–Crippen MR) is 65.8 cm³/mol. The highest BCUT2D eigenvalue weighted by atomic mass is 16.5. The monoisotopic (exact) mass is 223 g/mol. The largest absolute Gasteiger partial charge is 0.497 e. The maximum Gasteiger partial charge on any atom is 0.118 e. The molecule has 2 N–H and O–H groups in total. The molecule has 0 radical (unpaired) electrons. The third-order valence-corrected chi connectivity index (χ3v) is 2.34. The molecule has 16 heavy (non-hydrogen) atoms. The second-order valence-corrected chi connectivity index (χ2v) is 3.89. The Bertz CT molecular complexity index is 284. The van der Waals surface area contributed by atoms with Crippen molar-refractivity contribution in [2.45, 2.75) is 25.8 Å². The predicted octanol–water partition coefficient (Wildman–Crippen LogP) is 1.99. The molecule has 1 atom stereocenters. The molecule has 1 unspecified atom stereocenters. The molecular formula is C13H21NO2. The maximum atomic E-state index is 5.96. The van der Waals surface area contributed by atoms with E-state index in [-0.39, 0.29) is 6.04 Å². The summed E-state index contributed by atoms with van der Waals surface area (Å²) in [5, 5.41) is 0. The van der Waals surface area contributed by atoms with Crippen molar-refractivity contribution >= 4 is 0 Å². The zero-order chi connectivity index (χ0) is 11.8. The molecule has 0 bridgehead atoms. The highest BCUT2D eigenvalue weighted by molar-refractivity contribution is 5.27. The molecule has 3 heteroatoms. The van der Waals surface area contributed by atoms with E-state index in [0.29, 0.717) is 6.61 Å². The molecule has 1 aromatic rings. The standard InChI is InChI=1S/C13H21NO2/c1-3-8-16-10-12(14)9-11-4-6-13(15-2)7-5-11/h4-7,12H,3,8-10,14H2,1-2H3. The normalized spacial score (nSPS) is 12.4. The van der Waals surface area contributed by atoms with Crippen LogP contribution in [0.3, 0.4) is 0 Å². The van der Waals surface area contributed by atoms with Gasteiger partial charge < -0.3 is 15.2 Å². The zero-order valence-electron chi connectivity index (χ0n) is 10.1. The molecule has 0 aromatic heterocycles. The average molecular weight is 223 g/mol. The third-order valence-electron chi connectivity index (χ3n) is 2.34. The lowest BCUT2D eigenvalue weighted by Gasteiger charge is -2.12. The summed E-state index contributed by atoms with van der Waals surface area (Å²) in [5.74, 6) is 0.875. The number of hydrogen-bond donors (Lipinski definition) is 1. The SMILES string of the molecule is CCCOCC(N)Cc1ccc(OC)cc1. The smallest absolute Gasteiger partial charge is 0.118 e. The van der Waals surface area contributed by atoms with Gasteiger partial charge in [0.05, 0.1) is 13.7 Å². The summed E-state index contributed by atoms with van der Waals surface area (Å²) in [7, 11) is 1.67. The van der Waals surface area contributed by atoms with Gasteiger partial charge in [-0.05, 0) is 30.5 Å². The Balaban J connectivity index is 2.34. The lowest BCUT2D eigenvalue weighted by Crippen LogP contribution is -2.28. The lowest BCUT2D eigenvalue weighted by molar-refractivity contribution is 0.121. The van der Waals surface area contributed by atoms with Gasteiger partial charge in [-0.15, -0.1) is 0 Å². The van der Waals surface area contributed by atoms with Crippen molar-refractivity contribution in [3.8, 4) is 5.75 Å². The average Bonchev–Trinajstić information content (AvgIpc) is 2.30. The number of hydrogen-bond acceptors (Lipinski definition) is 3. The van der Waals surface area contributed by atoms with Crippen molar-refractivity contribution in [3.63, 3.8) is 0 Å². The molecule has 0 heterocycles. The molecule has 0 spiro atoms. The molecule has 0 saturated carbocycles. The topological polar surface area (TPSA) is 44.5 Å². The van der Waals surface area contributed by atoms with Crippen LogP contribution in [0.2, 0.25) is 0 Å². The van der Waals surface area contributed by atoms with Crippen molar-refractivity contribution in [2.24, 2.45) is 5.73 Å². The van der Waals surface area contributed by atoms with Crippen LogP contribution in [0.25, 0.3) is 0 Å². The minimum Gasteiger partial charge on any atom is -0.497 e. The summed E-state index contributed by atoms with van der Waals surface area (Å²) < 4.78 is 10.5. The Morgan fingerprint density at radius 2 is 1.94 bits per heavy atom. The highest BCUT2D eigenvalue weighted by Gasteiger charge is 2.04. The van der Waals surface area contributed by atoms with Crippen LogP contribution in [-0.4, -0.2) is 26.4 Å². The first-order valence-corrected chi connectivity index (χ1v) is 5.72. The van der Waals surface area contributed by atoms with E-state index in [0.717, 1.165) is 25.2 Å². The van der Waals surface area contributed by atoms with E-state index in [9.17, 15) is 0 Å². The van der Waals surface area contributed by atoms with E-state index in [4.69, 9.17) is 15.2 Å². The number of rotatable bonds is 7. The van der Waals surface area contributed by atoms with Gasteiger partial charge in [0.1, 0.15) is 5.75 Å². The summed E-state index contributed by atoms with van der Waals surface area (Å²) >= 11 is 0. The van der Waals surface area contributed by atoms with Crippen LogP contribution < -0.4 is 10.5 Å². The minimum atomic E-state index is 0.0694. The quantitative estimate of drug-likeness (QED) is 0.719. The first-order valence-electron chi connectivity index (χ1n) is 5.72. The summed E-state index contributed by atoms with van der Waals surface area (Å²) in [4.78, 5) is 0. The van der Waals surface area contributed by atoms with E-state index in [1.165, 1.54) is 5.56 Å². The van der Waals surface area contributed by atoms with E-state index in [2.05, 4.69) is 6.92 Å². The Morgan fingerprint density at radius 3 is 2.50 bits per heavy atom. The molecule has 3 nitrogen and oxygen atoms in total. The number of methoxy groups -OCH3 is 1. The van der Waals surface area contributed by atoms with Gasteiger partial charge in [0, 0.05) is 12.6 Å². The minimum absolute atomic E-state index is 0.0694. The highest BCUT2D eigenvalue weighted by Crippen LogP contribution is 2.12. The molecule has 0 saturated heterocycles. The lowest BCUT2D eigenvalue weighted by atomic mass is 10.1. The summed E-state index contributed by atoms with van der Waals surface area (Å²) in [5.41, 5.74) is 7.18. The van der Waals surface area contributed by atoms with Crippen molar-refractivity contribution in [2.75, 3.05) is 20.3 Å². The first kappa shape index (κ1) is 13.0. The van der Waals surface area contributed by atoms with E-state index in [1.54, 1.807) is 7.11 Å².